The lowest BCUT2D eigenvalue weighted by Crippen LogP contribution is -2.40. The highest BCUT2D eigenvalue weighted by molar-refractivity contribution is 7.88. The Morgan fingerprint density at radius 2 is 1.91 bits per heavy atom. The van der Waals surface area contributed by atoms with Gasteiger partial charge in [-0.05, 0) is 13.8 Å². The van der Waals surface area contributed by atoms with E-state index in [9.17, 15) is 13.2 Å². The fourth-order valence-electron chi connectivity index (χ4n) is 0.937. The van der Waals surface area contributed by atoms with Crippen LogP contribution in [0.5, 0.6) is 0 Å². The van der Waals surface area contributed by atoms with Gasteiger partial charge in [0.1, 0.15) is 5.54 Å². The lowest BCUT2D eigenvalue weighted by Gasteiger charge is -2.10. The molecule has 1 amide bonds. The molecule has 1 aliphatic heterocycles. The van der Waals surface area contributed by atoms with Gasteiger partial charge >= 0.3 is 10.2 Å². The smallest absolute Gasteiger partial charge is 0.272 e. The largest absolute Gasteiger partial charge is 0.304 e. The van der Waals surface area contributed by atoms with Crippen LogP contribution in [0.2, 0.25) is 0 Å². The van der Waals surface area contributed by atoms with E-state index < -0.39 is 21.7 Å². The summed E-state index contributed by atoms with van der Waals surface area (Å²) < 4.78 is 24.9. The van der Waals surface area contributed by atoms with Gasteiger partial charge in [-0.25, -0.2) is 4.31 Å². The predicted octanol–water partition coefficient (Wildman–Crippen LogP) is -0.929. The molecule has 1 N–H and O–H groups in total. The van der Waals surface area contributed by atoms with Gasteiger partial charge in [0.05, 0.1) is 0 Å². The van der Waals surface area contributed by atoms with Crippen LogP contribution >= 0.6 is 0 Å². The van der Waals surface area contributed by atoms with Crippen LogP contribution in [0, 0.1) is 0 Å². The molecule has 6 heteroatoms. The molecule has 0 aliphatic carbocycles. The molecule has 1 aliphatic rings. The lowest BCUT2D eigenvalue weighted by atomic mass is 10.1. The van der Waals surface area contributed by atoms with Crippen LogP contribution in [0.4, 0.5) is 0 Å². The van der Waals surface area contributed by atoms with Crippen molar-refractivity contribution in [3.8, 4) is 0 Å². The number of hydrogen-bond donors (Lipinski definition) is 1. The molecule has 1 rings (SSSR count). The van der Waals surface area contributed by atoms with Crippen molar-refractivity contribution >= 4 is 16.1 Å². The third-order valence-corrected chi connectivity index (χ3v) is 3.22. The van der Waals surface area contributed by atoms with E-state index in [4.69, 9.17) is 0 Å². The Labute approximate surface area is 65.6 Å². The molecule has 1 saturated heterocycles. The van der Waals surface area contributed by atoms with Crippen LogP contribution < -0.4 is 4.72 Å². The Morgan fingerprint density at radius 1 is 1.45 bits per heavy atom. The van der Waals surface area contributed by atoms with Gasteiger partial charge in [-0.2, -0.15) is 13.1 Å². The summed E-state index contributed by atoms with van der Waals surface area (Å²) in [6.45, 7) is 3.05. The van der Waals surface area contributed by atoms with E-state index in [2.05, 4.69) is 4.72 Å². The minimum absolute atomic E-state index is 0.433. The monoisotopic (exact) mass is 178 g/mol. The number of amides is 1. The molecule has 0 aromatic rings. The molecule has 64 valence electrons. The molecule has 1 fully saturated rings. The first kappa shape index (κ1) is 8.48. The van der Waals surface area contributed by atoms with Gasteiger partial charge in [-0.15, -0.1) is 0 Å². The first-order chi connectivity index (χ1) is 4.77. The zero-order valence-corrected chi connectivity index (χ0v) is 7.40. The molecule has 0 atom stereocenters. The van der Waals surface area contributed by atoms with E-state index in [1.54, 1.807) is 0 Å². The molecule has 5 nitrogen and oxygen atoms in total. The number of nitrogens with zero attached hydrogens (tertiary/aromatic N) is 1. The maximum Gasteiger partial charge on any atom is 0.304 e. The van der Waals surface area contributed by atoms with Gasteiger partial charge in [0, 0.05) is 7.05 Å². The van der Waals surface area contributed by atoms with Crippen molar-refractivity contribution in [2.45, 2.75) is 19.4 Å². The van der Waals surface area contributed by atoms with Crippen LogP contribution in [0.25, 0.3) is 0 Å². The molecule has 0 unspecified atom stereocenters. The van der Waals surface area contributed by atoms with E-state index in [1.807, 2.05) is 0 Å². The Bertz CT molecular complexity index is 293. The van der Waals surface area contributed by atoms with Gasteiger partial charge in [-0.3, -0.25) is 4.79 Å². The van der Waals surface area contributed by atoms with E-state index in [1.165, 1.54) is 20.9 Å². The summed E-state index contributed by atoms with van der Waals surface area (Å²) >= 11 is 0. The fraction of sp³-hybridized carbons (Fsp3) is 0.800. The Kier molecular flexibility index (Phi) is 1.50. The van der Waals surface area contributed by atoms with Crippen molar-refractivity contribution in [3.63, 3.8) is 0 Å². The molecule has 0 bridgehead atoms. The summed E-state index contributed by atoms with van der Waals surface area (Å²) in [5.41, 5.74) is -0.992. The first-order valence-corrected chi connectivity index (χ1v) is 4.54. The van der Waals surface area contributed by atoms with Crippen molar-refractivity contribution in [3.05, 3.63) is 0 Å². The third-order valence-electron chi connectivity index (χ3n) is 1.57. The van der Waals surface area contributed by atoms with Crippen molar-refractivity contribution in [2.75, 3.05) is 7.05 Å². The summed E-state index contributed by atoms with van der Waals surface area (Å²) in [4.78, 5) is 11.1. The van der Waals surface area contributed by atoms with Crippen molar-refractivity contribution < 1.29 is 13.2 Å². The lowest BCUT2D eigenvalue weighted by molar-refractivity contribution is -0.128. The van der Waals surface area contributed by atoms with Gasteiger partial charge in [0.15, 0.2) is 0 Å². The van der Waals surface area contributed by atoms with Gasteiger partial charge in [0.2, 0.25) is 0 Å². The normalized spacial score (nSPS) is 27.5. The van der Waals surface area contributed by atoms with E-state index in [-0.39, 0.29) is 0 Å². The van der Waals surface area contributed by atoms with Gasteiger partial charge in [-0.1, -0.05) is 0 Å². The number of nitrogens with one attached hydrogen (secondary N) is 1. The first-order valence-electron chi connectivity index (χ1n) is 3.09. The SMILES string of the molecule is CN1C(=O)C(C)(C)NS1(=O)=O. The second-order valence-electron chi connectivity index (χ2n) is 3.00. The highest BCUT2D eigenvalue weighted by atomic mass is 32.2. The van der Waals surface area contributed by atoms with Crippen LogP contribution in [-0.4, -0.2) is 31.2 Å². The standard InChI is InChI=1S/C5H10N2O3S/c1-5(2)4(8)7(3)11(9,10)6-5/h6H,1-3H3. The summed E-state index contributed by atoms with van der Waals surface area (Å²) in [5, 5.41) is 0. The summed E-state index contributed by atoms with van der Waals surface area (Å²) in [6, 6.07) is 0. The third kappa shape index (κ3) is 1.12. The van der Waals surface area contributed by atoms with Crippen molar-refractivity contribution in [1.82, 2.24) is 9.03 Å². The number of likely N-dealkylation sites (N-methyl/N-ethyl adjacent to an activating group) is 1. The maximum absolute atomic E-state index is 11.1. The van der Waals surface area contributed by atoms with E-state index in [0.29, 0.717) is 4.31 Å². The maximum atomic E-state index is 11.1. The van der Waals surface area contributed by atoms with Crippen LogP contribution in [0.3, 0.4) is 0 Å². The summed E-state index contributed by atoms with van der Waals surface area (Å²) in [7, 11) is -2.31. The van der Waals surface area contributed by atoms with Crippen molar-refractivity contribution in [1.29, 1.82) is 0 Å². The van der Waals surface area contributed by atoms with E-state index in [0.717, 1.165) is 0 Å². The number of rotatable bonds is 0. The molecule has 1 heterocycles. The molecule has 0 aromatic heterocycles. The number of carbonyl (C=O) groups excluding carboxylic acids is 1. The van der Waals surface area contributed by atoms with Crippen LogP contribution in [0.1, 0.15) is 13.8 Å². The molecule has 0 saturated carbocycles. The zero-order valence-electron chi connectivity index (χ0n) is 6.58. The highest BCUT2D eigenvalue weighted by Crippen LogP contribution is 2.18. The Balaban J connectivity index is 3.16. The van der Waals surface area contributed by atoms with Crippen LogP contribution in [-0.2, 0) is 15.0 Å². The summed E-state index contributed by atoms with van der Waals surface area (Å²) in [5.74, 6) is -0.433. The summed E-state index contributed by atoms with van der Waals surface area (Å²) in [6.07, 6.45) is 0. The number of hydrogen-bond acceptors (Lipinski definition) is 3. The quantitative estimate of drug-likeness (QED) is 0.521. The molecular weight excluding hydrogens is 168 g/mol. The Morgan fingerprint density at radius 3 is 2.00 bits per heavy atom. The van der Waals surface area contributed by atoms with Crippen LogP contribution in [0.15, 0.2) is 0 Å². The number of carbonyl (C=O) groups is 1. The Hall–Kier alpha value is -0.620. The van der Waals surface area contributed by atoms with Gasteiger partial charge in [0.25, 0.3) is 5.91 Å². The van der Waals surface area contributed by atoms with Crippen molar-refractivity contribution in [2.24, 2.45) is 0 Å². The average molecular weight is 178 g/mol. The molecule has 0 spiro atoms. The molecule has 0 aromatic carbocycles. The van der Waals surface area contributed by atoms with Gasteiger partial charge < -0.3 is 0 Å². The minimum atomic E-state index is -3.55. The molecule has 0 radical (unpaired) electrons. The topological polar surface area (TPSA) is 66.5 Å². The predicted molar refractivity (Wildman–Crippen MR) is 38.9 cm³/mol. The fourth-order valence-corrected chi connectivity index (χ4v) is 2.25. The highest BCUT2D eigenvalue weighted by Gasteiger charge is 2.46. The molecule has 11 heavy (non-hydrogen) atoms. The van der Waals surface area contributed by atoms with E-state index >= 15 is 0 Å². The zero-order chi connectivity index (χ0) is 8.86. The molecular formula is C5H10N2O3S. The average Bonchev–Trinajstić information content (AvgIpc) is 1.91. The minimum Gasteiger partial charge on any atom is -0.272 e. The second kappa shape index (κ2) is 1.95. The second-order valence-corrected chi connectivity index (χ2v) is 4.71.